The molecule has 0 heterocycles. The van der Waals surface area contributed by atoms with Crippen LogP contribution in [0.5, 0.6) is 0 Å². The molecule has 0 atom stereocenters. The number of unbranched alkanes of at least 4 members (excludes halogenated alkanes) is 14. The fourth-order valence-electron chi connectivity index (χ4n) is 2.27. The van der Waals surface area contributed by atoms with E-state index in [0.29, 0.717) is 0 Å². The Labute approximate surface area is 147 Å². The van der Waals surface area contributed by atoms with Crippen molar-refractivity contribution in [1.82, 2.24) is 0 Å². The van der Waals surface area contributed by atoms with E-state index in [-0.39, 0.29) is 16.5 Å². The van der Waals surface area contributed by atoms with E-state index in [2.05, 4.69) is 27.7 Å². The van der Waals surface area contributed by atoms with Crippen LogP contribution in [0.4, 0.5) is 0 Å². The summed E-state index contributed by atoms with van der Waals surface area (Å²) in [6, 6.07) is 0. The summed E-state index contributed by atoms with van der Waals surface area (Å²) in [7, 11) is 0. The van der Waals surface area contributed by atoms with E-state index in [9.17, 15) is 0 Å². The third-order valence-corrected chi connectivity index (χ3v) is 3.71. The van der Waals surface area contributed by atoms with Gasteiger partial charge in [-0.1, -0.05) is 104 Å². The largest absolute Gasteiger partial charge is 2.00 e. The molecule has 0 amide bonds. The van der Waals surface area contributed by atoms with Crippen molar-refractivity contribution in [3.63, 3.8) is 0 Å². The van der Waals surface area contributed by atoms with Crippen molar-refractivity contribution in [3.8, 4) is 0 Å². The van der Waals surface area contributed by atoms with Crippen molar-refractivity contribution in [2.75, 3.05) is 0 Å². The minimum Gasteiger partial charge on any atom is -0.343 e. The van der Waals surface area contributed by atoms with Crippen molar-refractivity contribution < 1.29 is 16.5 Å². The summed E-state index contributed by atoms with van der Waals surface area (Å²) in [6.07, 6.45) is 21.8. The van der Waals surface area contributed by atoms with Gasteiger partial charge in [-0.05, 0) is 0 Å². The summed E-state index contributed by atoms with van der Waals surface area (Å²) < 4.78 is 0. The van der Waals surface area contributed by atoms with Gasteiger partial charge in [0.2, 0.25) is 0 Å². The van der Waals surface area contributed by atoms with Gasteiger partial charge in [0.1, 0.15) is 0 Å². The van der Waals surface area contributed by atoms with Gasteiger partial charge in [0.15, 0.2) is 0 Å². The Balaban J connectivity index is -0.000000295. The minimum absolute atomic E-state index is 0. The molecule has 0 aliphatic carbocycles. The number of hydrogen-bond donors (Lipinski definition) is 0. The van der Waals surface area contributed by atoms with Gasteiger partial charge < -0.3 is 13.8 Å². The van der Waals surface area contributed by atoms with Crippen LogP contribution >= 0.6 is 0 Å². The summed E-state index contributed by atoms with van der Waals surface area (Å²) in [5.74, 6) is 0. The Bertz CT molecular complexity index is 102. The topological polar surface area (TPSA) is 0 Å². The third kappa shape index (κ3) is 33.4. The molecule has 0 aliphatic heterocycles. The van der Waals surface area contributed by atoms with Crippen molar-refractivity contribution in [1.29, 1.82) is 0 Å². The summed E-state index contributed by atoms with van der Waals surface area (Å²) >= 11 is 0. The molecule has 0 fully saturated rings. The molecule has 0 saturated carbocycles. The molecule has 0 spiro atoms. The van der Waals surface area contributed by atoms with Crippen LogP contribution in [0.2, 0.25) is 0 Å². The monoisotopic (exact) mass is 340 g/mol. The first-order valence-corrected chi connectivity index (χ1v) is 9.41. The predicted octanol–water partition coefficient (Wildman–Crippen LogP) is 7.92. The van der Waals surface area contributed by atoms with Gasteiger partial charge >= 0.3 is 16.5 Å². The second-order valence-electron chi connectivity index (χ2n) is 5.95. The molecule has 0 radical (unpaired) electrons. The van der Waals surface area contributed by atoms with Crippen molar-refractivity contribution in [3.05, 3.63) is 13.8 Å². The van der Waals surface area contributed by atoms with Gasteiger partial charge in [0.05, 0.1) is 0 Å². The van der Waals surface area contributed by atoms with Crippen LogP contribution in [-0.2, 0) is 16.5 Å². The molecule has 0 aromatic carbocycles. The molecule has 0 nitrogen and oxygen atoms in total. The van der Waals surface area contributed by atoms with Gasteiger partial charge in [-0.25, -0.2) is 0 Å². The second-order valence-corrected chi connectivity index (χ2v) is 5.95. The third-order valence-electron chi connectivity index (χ3n) is 3.71. The molecule has 21 heavy (non-hydrogen) atoms. The molecule has 0 bridgehead atoms. The van der Waals surface area contributed by atoms with Crippen molar-refractivity contribution in [2.45, 2.75) is 117 Å². The Morgan fingerprint density at radius 3 is 0.905 bits per heavy atom. The average Bonchev–Trinajstić information content (AvgIpc) is 2.47. The van der Waals surface area contributed by atoms with E-state index in [1.807, 2.05) is 0 Å². The molecule has 0 aromatic heterocycles. The molecule has 0 aromatic rings. The second kappa shape index (κ2) is 28.6. The Morgan fingerprint density at radius 2 is 0.667 bits per heavy atom. The smallest absolute Gasteiger partial charge is 0.343 e. The van der Waals surface area contributed by atoms with E-state index in [4.69, 9.17) is 0 Å². The summed E-state index contributed by atoms with van der Waals surface area (Å²) in [5, 5.41) is 0. The van der Waals surface area contributed by atoms with E-state index in [0.717, 1.165) is 12.8 Å². The van der Waals surface area contributed by atoms with E-state index in [1.54, 1.807) is 0 Å². The van der Waals surface area contributed by atoms with Gasteiger partial charge in [0.25, 0.3) is 0 Å². The molecule has 0 unspecified atom stereocenters. The maximum atomic E-state index is 3.82. The molecule has 1 heteroatoms. The molecule has 0 saturated heterocycles. The fraction of sp³-hybridized carbons (Fsp3) is 0.900. The van der Waals surface area contributed by atoms with Crippen LogP contribution in [0, 0.1) is 13.8 Å². The zero-order chi connectivity index (χ0) is 15.3. The number of rotatable bonds is 14. The SMILES string of the molecule is [CH2-]CCCCCCCCC.[CH2-]CCCCCCCCC.[Ni+2]. The average molecular weight is 341 g/mol. The van der Waals surface area contributed by atoms with E-state index < -0.39 is 0 Å². The Kier molecular flexibility index (Phi) is 36.0. The zero-order valence-electron chi connectivity index (χ0n) is 15.0. The first-order valence-electron chi connectivity index (χ1n) is 9.41. The van der Waals surface area contributed by atoms with Crippen molar-refractivity contribution in [2.24, 2.45) is 0 Å². The normalized spacial score (nSPS) is 9.71. The van der Waals surface area contributed by atoms with Gasteiger partial charge in [-0.2, -0.15) is 12.8 Å². The van der Waals surface area contributed by atoms with Gasteiger partial charge in [-0.3, -0.25) is 0 Å². The summed E-state index contributed by atoms with van der Waals surface area (Å²) in [6.45, 7) is 12.2. The molecule has 0 aliphatic rings. The maximum Gasteiger partial charge on any atom is 2.00 e. The first-order chi connectivity index (χ1) is 9.83. The van der Waals surface area contributed by atoms with Crippen LogP contribution in [0.15, 0.2) is 0 Å². The van der Waals surface area contributed by atoms with Crippen LogP contribution in [0.25, 0.3) is 0 Å². The minimum atomic E-state index is 0. The molecular weight excluding hydrogens is 299 g/mol. The van der Waals surface area contributed by atoms with E-state index >= 15 is 0 Å². The standard InChI is InChI=1S/2C10H21.Ni/c2*1-3-5-7-9-10-8-6-4-2;/h2*1,3-10H2,2H3;/q2*-1;+2. The fourth-order valence-corrected chi connectivity index (χ4v) is 2.27. The van der Waals surface area contributed by atoms with Gasteiger partial charge in [0, 0.05) is 0 Å². The van der Waals surface area contributed by atoms with Crippen LogP contribution in [0.1, 0.15) is 117 Å². The molecule has 132 valence electrons. The Morgan fingerprint density at radius 1 is 0.429 bits per heavy atom. The quantitative estimate of drug-likeness (QED) is 0.171. The maximum absolute atomic E-state index is 3.82. The Hall–Kier alpha value is 0.494. The molecular formula is C20H42Ni. The molecule has 0 N–H and O–H groups in total. The van der Waals surface area contributed by atoms with Gasteiger partial charge in [-0.15, -0.1) is 0 Å². The van der Waals surface area contributed by atoms with E-state index in [1.165, 1.54) is 89.9 Å². The molecule has 0 rings (SSSR count). The van der Waals surface area contributed by atoms with Crippen LogP contribution in [-0.4, -0.2) is 0 Å². The van der Waals surface area contributed by atoms with Crippen LogP contribution in [0.3, 0.4) is 0 Å². The zero-order valence-corrected chi connectivity index (χ0v) is 16.0. The summed E-state index contributed by atoms with van der Waals surface area (Å²) in [4.78, 5) is 0. The number of hydrogen-bond acceptors (Lipinski definition) is 0. The summed E-state index contributed by atoms with van der Waals surface area (Å²) in [5.41, 5.74) is 0. The van der Waals surface area contributed by atoms with Crippen LogP contribution < -0.4 is 0 Å². The van der Waals surface area contributed by atoms with Crippen molar-refractivity contribution >= 4 is 0 Å². The predicted molar refractivity (Wildman–Crippen MR) is 95.9 cm³/mol. The first kappa shape index (κ1) is 26.4.